The number of carbonyl (C=O) groups excluding carboxylic acids is 1. The minimum Gasteiger partial charge on any atom is -0.478 e. The van der Waals surface area contributed by atoms with Crippen LogP contribution in [0, 0.1) is 0 Å². The van der Waals surface area contributed by atoms with E-state index in [0.717, 1.165) is 38.8 Å². The summed E-state index contributed by atoms with van der Waals surface area (Å²) in [6.07, 6.45) is 6.27. The smallest absolute Gasteiger partial charge is 0.332 e. The Labute approximate surface area is 101 Å². The van der Waals surface area contributed by atoms with Gasteiger partial charge in [0.1, 0.15) is 0 Å². The largest absolute Gasteiger partial charge is 0.478 e. The molecule has 1 heterocycles. The summed E-state index contributed by atoms with van der Waals surface area (Å²) in [5.74, 6) is -0.938. The summed E-state index contributed by atoms with van der Waals surface area (Å²) in [5.41, 5.74) is 0.914. The first-order chi connectivity index (χ1) is 8.20. The summed E-state index contributed by atoms with van der Waals surface area (Å²) in [4.78, 5) is 25.2. The molecule has 1 fully saturated rings. The highest BCUT2D eigenvalue weighted by atomic mass is 16.4. The van der Waals surface area contributed by atoms with E-state index in [9.17, 15) is 9.59 Å². The summed E-state index contributed by atoms with van der Waals surface area (Å²) < 4.78 is 0. The zero-order valence-corrected chi connectivity index (χ0v) is 10.1. The third-order valence-electron chi connectivity index (χ3n) is 3.63. The molecule has 1 saturated heterocycles. The van der Waals surface area contributed by atoms with Gasteiger partial charge in [0.2, 0.25) is 5.91 Å². The summed E-state index contributed by atoms with van der Waals surface area (Å²) in [5, 5.41) is 9.13. The van der Waals surface area contributed by atoms with Crippen molar-refractivity contribution in [1.29, 1.82) is 0 Å². The number of rotatable bonds is 2. The Morgan fingerprint density at radius 2 is 1.47 bits per heavy atom. The number of carbonyl (C=O) groups is 2. The van der Waals surface area contributed by atoms with Gasteiger partial charge >= 0.3 is 5.97 Å². The van der Waals surface area contributed by atoms with Crippen LogP contribution >= 0.6 is 0 Å². The number of amides is 1. The zero-order valence-electron chi connectivity index (χ0n) is 10.1. The van der Waals surface area contributed by atoms with Gasteiger partial charge in [0.05, 0.1) is 0 Å². The van der Waals surface area contributed by atoms with Gasteiger partial charge in [-0.2, -0.15) is 0 Å². The van der Waals surface area contributed by atoms with E-state index in [1.165, 1.54) is 6.42 Å². The summed E-state index contributed by atoms with van der Waals surface area (Å²) in [7, 11) is 0. The molecule has 0 aromatic rings. The van der Waals surface area contributed by atoms with E-state index in [1.807, 2.05) is 4.90 Å². The molecule has 2 aliphatic rings. The second-order valence-corrected chi connectivity index (χ2v) is 4.82. The Bertz CT molecular complexity index is 354. The van der Waals surface area contributed by atoms with Crippen molar-refractivity contribution in [3.63, 3.8) is 0 Å². The Balaban J connectivity index is 2.17. The third-order valence-corrected chi connectivity index (χ3v) is 3.63. The van der Waals surface area contributed by atoms with Crippen molar-refractivity contribution in [2.75, 3.05) is 13.1 Å². The second-order valence-electron chi connectivity index (χ2n) is 4.82. The first-order valence-corrected chi connectivity index (χ1v) is 6.45. The lowest BCUT2D eigenvalue weighted by molar-refractivity contribution is -0.134. The maximum atomic E-state index is 12.3. The highest BCUT2D eigenvalue weighted by Crippen LogP contribution is 2.27. The molecule has 1 N–H and O–H groups in total. The van der Waals surface area contributed by atoms with E-state index >= 15 is 0 Å². The summed E-state index contributed by atoms with van der Waals surface area (Å²) >= 11 is 0. The molecule has 0 saturated carbocycles. The number of likely N-dealkylation sites (tertiary alicyclic amines) is 1. The highest BCUT2D eigenvalue weighted by molar-refractivity contribution is 6.02. The minimum atomic E-state index is -0.912. The van der Waals surface area contributed by atoms with Crippen LogP contribution in [0.15, 0.2) is 11.1 Å². The highest BCUT2D eigenvalue weighted by Gasteiger charge is 2.27. The number of piperidine rings is 1. The molecule has 1 aliphatic heterocycles. The molecular formula is C13H19NO3. The maximum Gasteiger partial charge on any atom is 0.332 e. The summed E-state index contributed by atoms with van der Waals surface area (Å²) in [6.45, 7) is 1.57. The predicted molar refractivity (Wildman–Crippen MR) is 63.6 cm³/mol. The first kappa shape index (κ1) is 12.1. The third kappa shape index (κ3) is 2.68. The zero-order chi connectivity index (χ0) is 12.3. The van der Waals surface area contributed by atoms with Crippen LogP contribution in [-0.4, -0.2) is 35.0 Å². The van der Waals surface area contributed by atoms with Crippen LogP contribution in [0.5, 0.6) is 0 Å². The number of hydrogen-bond acceptors (Lipinski definition) is 2. The normalized spacial score (nSPS) is 21.5. The van der Waals surface area contributed by atoms with Crippen LogP contribution in [0.2, 0.25) is 0 Å². The van der Waals surface area contributed by atoms with Crippen LogP contribution in [0.4, 0.5) is 0 Å². The Morgan fingerprint density at radius 1 is 0.882 bits per heavy atom. The molecule has 2 rings (SSSR count). The van der Waals surface area contributed by atoms with Crippen LogP contribution in [0.1, 0.15) is 44.9 Å². The van der Waals surface area contributed by atoms with Crippen molar-refractivity contribution in [2.45, 2.75) is 44.9 Å². The van der Waals surface area contributed by atoms with Gasteiger partial charge in [-0.1, -0.05) is 0 Å². The van der Waals surface area contributed by atoms with Gasteiger partial charge in [0.15, 0.2) is 0 Å². The van der Waals surface area contributed by atoms with E-state index in [0.29, 0.717) is 24.0 Å². The number of carboxylic acid groups (broad SMARTS) is 1. The summed E-state index contributed by atoms with van der Waals surface area (Å²) in [6, 6.07) is 0. The fourth-order valence-corrected chi connectivity index (χ4v) is 2.67. The first-order valence-electron chi connectivity index (χ1n) is 6.45. The predicted octanol–water partition coefficient (Wildman–Crippen LogP) is 1.95. The van der Waals surface area contributed by atoms with Crippen LogP contribution in [-0.2, 0) is 9.59 Å². The van der Waals surface area contributed by atoms with Gasteiger partial charge < -0.3 is 10.0 Å². The van der Waals surface area contributed by atoms with E-state index in [2.05, 4.69) is 0 Å². The van der Waals surface area contributed by atoms with E-state index in [4.69, 9.17) is 5.11 Å². The van der Waals surface area contributed by atoms with E-state index in [-0.39, 0.29) is 5.91 Å². The maximum absolute atomic E-state index is 12.3. The molecule has 0 aromatic carbocycles. The van der Waals surface area contributed by atoms with Crippen LogP contribution < -0.4 is 0 Å². The van der Waals surface area contributed by atoms with Crippen molar-refractivity contribution < 1.29 is 14.7 Å². The molecule has 0 unspecified atom stereocenters. The Hall–Kier alpha value is -1.32. The van der Waals surface area contributed by atoms with Gasteiger partial charge in [-0.05, 0) is 44.9 Å². The fourth-order valence-electron chi connectivity index (χ4n) is 2.67. The van der Waals surface area contributed by atoms with Crippen molar-refractivity contribution in [3.05, 3.63) is 11.1 Å². The Kier molecular flexibility index (Phi) is 3.82. The van der Waals surface area contributed by atoms with Crippen molar-refractivity contribution >= 4 is 11.9 Å². The van der Waals surface area contributed by atoms with Crippen LogP contribution in [0.3, 0.4) is 0 Å². The van der Waals surface area contributed by atoms with Gasteiger partial charge in [0.25, 0.3) is 0 Å². The van der Waals surface area contributed by atoms with E-state index < -0.39 is 5.97 Å². The Morgan fingerprint density at radius 3 is 2.06 bits per heavy atom. The van der Waals surface area contributed by atoms with E-state index in [1.54, 1.807) is 0 Å². The van der Waals surface area contributed by atoms with Crippen LogP contribution in [0.25, 0.3) is 0 Å². The number of carboxylic acids is 1. The van der Waals surface area contributed by atoms with Gasteiger partial charge in [-0.15, -0.1) is 0 Å². The average Bonchev–Trinajstić information content (AvgIpc) is 2.39. The van der Waals surface area contributed by atoms with Gasteiger partial charge in [0, 0.05) is 24.2 Å². The number of nitrogens with zero attached hydrogens (tertiary/aromatic N) is 1. The SMILES string of the molecule is O=C(O)C1=C(C(=O)N2CCCCC2)CCCC1. The van der Waals surface area contributed by atoms with Crippen molar-refractivity contribution in [3.8, 4) is 0 Å². The standard InChI is InChI=1S/C13H19NO3/c15-12(14-8-4-1-5-9-14)10-6-2-3-7-11(10)13(16)17/h1-9H2,(H,16,17). The number of aliphatic carboxylic acids is 1. The van der Waals surface area contributed by atoms with Crippen molar-refractivity contribution in [1.82, 2.24) is 4.90 Å². The molecule has 1 aliphatic carbocycles. The lowest BCUT2D eigenvalue weighted by atomic mass is 9.90. The molecule has 17 heavy (non-hydrogen) atoms. The molecule has 1 amide bonds. The number of hydrogen-bond donors (Lipinski definition) is 1. The molecule has 94 valence electrons. The monoisotopic (exact) mass is 237 g/mol. The second kappa shape index (κ2) is 5.34. The molecule has 0 radical (unpaired) electrons. The minimum absolute atomic E-state index is 0.0261. The molecule has 0 atom stereocenters. The topological polar surface area (TPSA) is 57.6 Å². The van der Waals surface area contributed by atoms with Crippen molar-refractivity contribution in [2.24, 2.45) is 0 Å². The average molecular weight is 237 g/mol. The molecule has 0 bridgehead atoms. The fraction of sp³-hybridized carbons (Fsp3) is 0.692. The molecular weight excluding hydrogens is 218 g/mol. The molecule has 0 aromatic heterocycles. The molecule has 4 heteroatoms. The van der Waals surface area contributed by atoms with Gasteiger partial charge in [-0.25, -0.2) is 4.79 Å². The molecule has 0 spiro atoms. The quantitative estimate of drug-likeness (QED) is 0.798. The lowest BCUT2D eigenvalue weighted by Gasteiger charge is -2.29. The molecule has 4 nitrogen and oxygen atoms in total. The lowest BCUT2D eigenvalue weighted by Crippen LogP contribution is -2.37. The van der Waals surface area contributed by atoms with Gasteiger partial charge in [-0.3, -0.25) is 4.79 Å².